The molecule has 0 spiro atoms. The Bertz CT molecular complexity index is 487. The minimum absolute atomic E-state index is 0.0730. The first-order chi connectivity index (χ1) is 9.33. The van der Waals surface area contributed by atoms with Gasteiger partial charge in [0, 0.05) is 17.8 Å². The van der Waals surface area contributed by atoms with E-state index in [0.717, 1.165) is 0 Å². The van der Waals surface area contributed by atoms with Crippen molar-refractivity contribution in [1.29, 1.82) is 0 Å². The summed E-state index contributed by atoms with van der Waals surface area (Å²) in [7, 11) is 0. The molecule has 0 saturated heterocycles. The van der Waals surface area contributed by atoms with E-state index in [9.17, 15) is 18.0 Å². The monoisotopic (exact) mass is 288 g/mol. The summed E-state index contributed by atoms with van der Waals surface area (Å²) < 4.78 is 41.0. The third kappa shape index (κ3) is 5.21. The van der Waals surface area contributed by atoms with Gasteiger partial charge in [-0.25, -0.2) is 4.79 Å². The van der Waals surface area contributed by atoms with Gasteiger partial charge >= 0.3 is 12.2 Å². The van der Waals surface area contributed by atoms with Crippen molar-refractivity contribution in [3.8, 4) is 5.75 Å². The third-order valence-electron chi connectivity index (χ3n) is 2.33. The van der Waals surface area contributed by atoms with Crippen molar-refractivity contribution in [3.63, 3.8) is 0 Å². The van der Waals surface area contributed by atoms with E-state index in [-0.39, 0.29) is 12.3 Å². The first kappa shape index (κ1) is 15.9. The Morgan fingerprint density at radius 1 is 1.45 bits per heavy atom. The van der Waals surface area contributed by atoms with Crippen LogP contribution in [-0.2, 0) is 0 Å². The molecule has 0 bridgehead atoms. The van der Waals surface area contributed by atoms with Crippen LogP contribution in [0, 0.1) is 6.92 Å². The maximum Gasteiger partial charge on any atom is 0.422 e. The zero-order valence-electron chi connectivity index (χ0n) is 10.9. The van der Waals surface area contributed by atoms with E-state index in [0.29, 0.717) is 11.3 Å². The Hall–Kier alpha value is -2.18. The number of anilines is 1. The lowest BCUT2D eigenvalue weighted by molar-refractivity contribution is -0.153. The van der Waals surface area contributed by atoms with Gasteiger partial charge in [0.05, 0.1) is 0 Å². The van der Waals surface area contributed by atoms with Crippen LogP contribution in [0.5, 0.6) is 5.75 Å². The minimum atomic E-state index is -4.41. The van der Waals surface area contributed by atoms with Gasteiger partial charge in [-0.2, -0.15) is 13.2 Å². The van der Waals surface area contributed by atoms with Crippen molar-refractivity contribution in [1.82, 2.24) is 5.32 Å². The zero-order valence-corrected chi connectivity index (χ0v) is 10.9. The fourth-order valence-electron chi connectivity index (χ4n) is 1.40. The Labute approximate surface area is 114 Å². The van der Waals surface area contributed by atoms with Gasteiger partial charge in [-0.1, -0.05) is 12.1 Å². The molecule has 1 aromatic rings. The highest BCUT2D eigenvalue weighted by molar-refractivity contribution is 5.90. The molecule has 0 radical (unpaired) electrons. The molecule has 4 nitrogen and oxygen atoms in total. The molecular weight excluding hydrogens is 273 g/mol. The quantitative estimate of drug-likeness (QED) is 0.817. The van der Waals surface area contributed by atoms with Gasteiger partial charge in [0.25, 0.3) is 0 Å². The summed E-state index contributed by atoms with van der Waals surface area (Å²) in [5, 5.41) is 5.02. The molecule has 0 aliphatic heterocycles. The van der Waals surface area contributed by atoms with Crippen LogP contribution in [0.2, 0.25) is 0 Å². The molecule has 1 aromatic carbocycles. The van der Waals surface area contributed by atoms with E-state index in [1.165, 1.54) is 18.2 Å². The van der Waals surface area contributed by atoms with Crippen LogP contribution in [0.1, 0.15) is 5.56 Å². The number of carbonyl (C=O) groups excluding carboxylic acids is 1. The number of rotatable bonds is 5. The molecule has 110 valence electrons. The third-order valence-corrected chi connectivity index (χ3v) is 2.33. The lowest BCUT2D eigenvalue weighted by Crippen LogP contribution is -2.29. The fourth-order valence-corrected chi connectivity index (χ4v) is 1.40. The Kier molecular flexibility index (Phi) is 5.42. The van der Waals surface area contributed by atoms with Crippen LogP contribution in [0.25, 0.3) is 0 Å². The maximum absolute atomic E-state index is 12.1. The molecule has 20 heavy (non-hydrogen) atoms. The smallest absolute Gasteiger partial charge is 0.422 e. The van der Waals surface area contributed by atoms with Crippen LogP contribution in [0.3, 0.4) is 0 Å². The Morgan fingerprint density at radius 3 is 2.75 bits per heavy atom. The van der Waals surface area contributed by atoms with E-state index < -0.39 is 18.8 Å². The van der Waals surface area contributed by atoms with Gasteiger partial charge in [-0.15, -0.1) is 6.58 Å². The molecule has 0 heterocycles. The normalized spacial score (nSPS) is 10.8. The number of benzene rings is 1. The second kappa shape index (κ2) is 6.83. The van der Waals surface area contributed by atoms with Crippen LogP contribution in [0.15, 0.2) is 30.9 Å². The number of alkyl halides is 3. The van der Waals surface area contributed by atoms with Crippen molar-refractivity contribution in [3.05, 3.63) is 36.4 Å². The summed E-state index contributed by atoms with van der Waals surface area (Å²) in [6.07, 6.45) is -2.90. The molecule has 7 heteroatoms. The van der Waals surface area contributed by atoms with Crippen LogP contribution < -0.4 is 15.4 Å². The predicted octanol–water partition coefficient (Wildman–Crippen LogP) is 3.24. The van der Waals surface area contributed by atoms with Gasteiger partial charge in [0.1, 0.15) is 5.75 Å². The van der Waals surface area contributed by atoms with Crippen molar-refractivity contribution < 1.29 is 22.7 Å². The van der Waals surface area contributed by atoms with Crippen molar-refractivity contribution in [2.75, 3.05) is 18.5 Å². The van der Waals surface area contributed by atoms with E-state index in [2.05, 4.69) is 17.2 Å². The molecule has 2 N–H and O–H groups in total. The Morgan fingerprint density at radius 2 is 2.15 bits per heavy atom. The zero-order chi connectivity index (χ0) is 15.2. The second-order valence-electron chi connectivity index (χ2n) is 3.96. The van der Waals surface area contributed by atoms with E-state index >= 15 is 0 Å². The first-order valence-electron chi connectivity index (χ1n) is 5.78. The molecule has 0 aliphatic carbocycles. The van der Waals surface area contributed by atoms with Crippen LogP contribution in [-0.4, -0.2) is 25.4 Å². The highest BCUT2D eigenvalue weighted by Crippen LogP contribution is 2.27. The number of carbonyl (C=O) groups is 1. The van der Waals surface area contributed by atoms with Crippen molar-refractivity contribution >= 4 is 11.7 Å². The number of ether oxygens (including phenoxy) is 1. The summed E-state index contributed by atoms with van der Waals surface area (Å²) in [5.74, 6) is 0.0730. The number of urea groups is 1. The topological polar surface area (TPSA) is 50.4 Å². The average molecular weight is 288 g/mol. The summed E-state index contributed by atoms with van der Waals surface area (Å²) >= 11 is 0. The average Bonchev–Trinajstić information content (AvgIpc) is 2.36. The van der Waals surface area contributed by atoms with Gasteiger partial charge in [0.2, 0.25) is 0 Å². The van der Waals surface area contributed by atoms with Crippen LogP contribution >= 0.6 is 0 Å². The second-order valence-corrected chi connectivity index (χ2v) is 3.96. The summed E-state index contributed by atoms with van der Waals surface area (Å²) in [4.78, 5) is 11.5. The maximum atomic E-state index is 12.1. The highest BCUT2D eigenvalue weighted by Gasteiger charge is 2.28. The van der Waals surface area contributed by atoms with E-state index in [4.69, 9.17) is 4.74 Å². The first-order valence-corrected chi connectivity index (χ1v) is 5.78. The molecule has 0 fully saturated rings. The number of nitrogens with one attached hydrogen (secondary N) is 2. The lowest BCUT2D eigenvalue weighted by atomic mass is 10.2. The molecular formula is C13H15F3N2O2. The summed E-state index contributed by atoms with van der Waals surface area (Å²) in [5.41, 5.74) is 0.803. The van der Waals surface area contributed by atoms with Gasteiger partial charge in [0.15, 0.2) is 6.61 Å². The van der Waals surface area contributed by atoms with Gasteiger partial charge in [-0.3, -0.25) is 0 Å². The fraction of sp³-hybridized carbons (Fsp3) is 0.308. The molecule has 0 atom stereocenters. The van der Waals surface area contributed by atoms with Crippen molar-refractivity contribution in [2.24, 2.45) is 0 Å². The number of amides is 2. The summed E-state index contributed by atoms with van der Waals surface area (Å²) in [6, 6.07) is 4.01. The number of halogens is 3. The summed E-state index contributed by atoms with van der Waals surface area (Å²) in [6.45, 7) is 3.93. The number of hydrogen-bond acceptors (Lipinski definition) is 2. The molecule has 2 amide bonds. The van der Waals surface area contributed by atoms with E-state index in [1.807, 2.05) is 0 Å². The highest BCUT2D eigenvalue weighted by atomic mass is 19.4. The van der Waals surface area contributed by atoms with Crippen molar-refractivity contribution in [2.45, 2.75) is 13.1 Å². The van der Waals surface area contributed by atoms with Gasteiger partial charge in [-0.05, 0) is 19.1 Å². The lowest BCUT2D eigenvalue weighted by Gasteiger charge is -2.14. The minimum Gasteiger partial charge on any atom is -0.484 e. The Balaban J connectivity index is 2.74. The van der Waals surface area contributed by atoms with Crippen LogP contribution in [0.4, 0.5) is 23.7 Å². The molecule has 0 unspecified atom stereocenters. The van der Waals surface area contributed by atoms with E-state index in [1.54, 1.807) is 13.0 Å². The molecule has 0 aliphatic rings. The number of hydrogen-bond donors (Lipinski definition) is 2. The largest absolute Gasteiger partial charge is 0.484 e. The standard InChI is InChI=1S/C13H15F3N2O2/c1-3-7-17-12(19)18-10-5-4-6-11(9(10)2)20-8-13(14,15)16/h3-6H,1,7-8H2,2H3,(H2,17,18,19). The van der Waals surface area contributed by atoms with Gasteiger partial charge < -0.3 is 15.4 Å². The predicted molar refractivity (Wildman–Crippen MR) is 69.9 cm³/mol. The molecule has 0 aromatic heterocycles. The molecule has 1 rings (SSSR count). The molecule has 0 saturated carbocycles. The SMILES string of the molecule is C=CCNC(=O)Nc1cccc(OCC(F)(F)F)c1C.